The van der Waals surface area contributed by atoms with E-state index < -0.39 is 24.0 Å². The number of hydrogen-bond donors (Lipinski definition) is 2. The van der Waals surface area contributed by atoms with E-state index in [-0.39, 0.29) is 12.3 Å². The van der Waals surface area contributed by atoms with Gasteiger partial charge in [0, 0.05) is 16.5 Å². The normalized spacial score (nSPS) is 14.8. The number of nitrogens with zero attached hydrogens (tertiary/aromatic N) is 1. The maximum Gasteiger partial charge on any atom is 0.308 e. The smallest absolute Gasteiger partial charge is 0.308 e. The topological polar surface area (TPSA) is 108 Å². The van der Waals surface area contributed by atoms with E-state index in [2.05, 4.69) is 16.7 Å². The summed E-state index contributed by atoms with van der Waals surface area (Å²) in [6.07, 6.45) is 3.95. The highest BCUT2D eigenvalue weighted by atomic mass is 32.1. The molecule has 0 fully saturated rings. The van der Waals surface area contributed by atoms with Gasteiger partial charge >= 0.3 is 5.97 Å². The molecule has 2 aromatic rings. The predicted molar refractivity (Wildman–Crippen MR) is 122 cm³/mol. The van der Waals surface area contributed by atoms with Crippen LogP contribution in [0.15, 0.2) is 30.3 Å². The van der Waals surface area contributed by atoms with Crippen LogP contribution in [-0.2, 0) is 27.2 Å². The molecule has 3 rings (SSSR count). The lowest BCUT2D eigenvalue weighted by molar-refractivity contribution is -0.153. The standard InChI is InChI=1S/C24H27N3O4S/c1-15(26-23(30)17-9-5-3-6-10-17)13-21(28)31-16(2)22(29)27-24-19(14-25)18-11-7-4-8-12-20(18)32-24/h3,5-6,9-10,15-16H,4,7-8,11-13H2,1-2H3,(H,26,30)(H,27,29). The van der Waals surface area contributed by atoms with Crippen molar-refractivity contribution < 1.29 is 19.1 Å². The number of aryl methyl sites for hydroxylation is 1. The molecule has 2 N–H and O–H groups in total. The van der Waals surface area contributed by atoms with Crippen molar-refractivity contribution in [2.75, 3.05) is 5.32 Å². The van der Waals surface area contributed by atoms with E-state index in [0.29, 0.717) is 16.1 Å². The first-order chi connectivity index (χ1) is 15.4. The zero-order valence-electron chi connectivity index (χ0n) is 18.3. The molecule has 2 unspecified atom stereocenters. The van der Waals surface area contributed by atoms with Gasteiger partial charge in [0.15, 0.2) is 6.10 Å². The highest BCUT2D eigenvalue weighted by Gasteiger charge is 2.25. The minimum Gasteiger partial charge on any atom is -0.452 e. The number of rotatable bonds is 7. The van der Waals surface area contributed by atoms with Crippen LogP contribution in [0.5, 0.6) is 0 Å². The van der Waals surface area contributed by atoms with Crippen molar-refractivity contribution in [2.45, 2.75) is 64.5 Å². The van der Waals surface area contributed by atoms with Gasteiger partial charge in [-0.15, -0.1) is 11.3 Å². The van der Waals surface area contributed by atoms with Gasteiger partial charge in [0.2, 0.25) is 0 Å². The van der Waals surface area contributed by atoms with E-state index in [4.69, 9.17) is 4.74 Å². The summed E-state index contributed by atoms with van der Waals surface area (Å²) in [5, 5.41) is 15.6. The molecule has 1 aromatic carbocycles. The van der Waals surface area contributed by atoms with Gasteiger partial charge in [-0.05, 0) is 57.2 Å². The van der Waals surface area contributed by atoms with E-state index in [0.717, 1.165) is 42.5 Å². The average molecular weight is 454 g/mol. The summed E-state index contributed by atoms with van der Waals surface area (Å²) in [7, 11) is 0. The van der Waals surface area contributed by atoms with E-state index in [1.54, 1.807) is 31.2 Å². The summed E-state index contributed by atoms with van der Waals surface area (Å²) in [6, 6.07) is 10.5. The minimum atomic E-state index is -1.02. The van der Waals surface area contributed by atoms with Gasteiger partial charge in [-0.2, -0.15) is 5.26 Å². The molecule has 168 valence electrons. The molecule has 0 spiro atoms. The molecule has 0 aliphatic heterocycles. The molecule has 0 bridgehead atoms. The second-order valence-corrected chi connectivity index (χ2v) is 9.05. The number of carbonyl (C=O) groups excluding carboxylic acids is 3. The Balaban J connectivity index is 1.52. The number of nitriles is 1. The van der Waals surface area contributed by atoms with Crippen LogP contribution in [0.2, 0.25) is 0 Å². The first-order valence-corrected chi connectivity index (χ1v) is 11.6. The summed E-state index contributed by atoms with van der Waals surface area (Å²) >= 11 is 1.44. The van der Waals surface area contributed by atoms with Crippen LogP contribution >= 0.6 is 11.3 Å². The van der Waals surface area contributed by atoms with E-state index in [1.807, 2.05) is 6.07 Å². The molecule has 0 saturated heterocycles. The molecule has 0 radical (unpaired) electrons. The summed E-state index contributed by atoms with van der Waals surface area (Å²) in [5.74, 6) is -1.35. The quantitative estimate of drug-likeness (QED) is 0.487. The summed E-state index contributed by atoms with van der Waals surface area (Å²) in [6.45, 7) is 3.19. The maximum atomic E-state index is 12.6. The highest BCUT2D eigenvalue weighted by molar-refractivity contribution is 7.16. The summed E-state index contributed by atoms with van der Waals surface area (Å²) in [4.78, 5) is 38.2. The molecule has 7 nitrogen and oxygen atoms in total. The second-order valence-electron chi connectivity index (χ2n) is 7.95. The number of carbonyl (C=O) groups is 3. The van der Waals surface area contributed by atoms with Crippen molar-refractivity contribution in [3.8, 4) is 6.07 Å². The SMILES string of the molecule is CC(CC(=O)OC(C)C(=O)Nc1sc2c(c1C#N)CCCCC2)NC(=O)c1ccccc1. The van der Waals surface area contributed by atoms with Crippen molar-refractivity contribution in [2.24, 2.45) is 0 Å². The average Bonchev–Trinajstić information content (AvgIpc) is 2.92. The van der Waals surface area contributed by atoms with Gasteiger partial charge < -0.3 is 15.4 Å². The maximum absolute atomic E-state index is 12.6. The Labute approximate surface area is 191 Å². The summed E-state index contributed by atoms with van der Waals surface area (Å²) in [5.41, 5.74) is 2.07. The molecule has 1 aliphatic carbocycles. The molecule has 1 aromatic heterocycles. The fourth-order valence-electron chi connectivity index (χ4n) is 3.66. The number of anilines is 1. The lowest BCUT2D eigenvalue weighted by Gasteiger charge is -2.16. The van der Waals surface area contributed by atoms with Crippen LogP contribution in [0.3, 0.4) is 0 Å². The van der Waals surface area contributed by atoms with E-state index in [1.165, 1.54) is 18.3 Å². The first kappa shape index (κ1) is 23.5. The van der Waals surface area contributed by atoms with Crippen molar-refractivity contribution >= 4 is 34.1 Å². The molecular weight excluding hydrogens is 426 g/mol. The lowest BCUT2D eigenvalue weighted by Crippen LogP contribution is -2.36. The predicted octanol–water partition coefficient (Wildman–Crippen LogP) is 3.97. The number of benzene rings is 1. The molecule has 2 amide bonds. The Bertz CT molecular complexity index is 1030. The van der Waals surface area contributed by atoms with Gasteiger partial charge in [0.05, 0.1) is 12.0 Å². The van der Waals surface area contributed by atoms with Crippen molar-refractivity contribution in [3.63, 3.8) is 0 Å². The third-order valence-corrected chi connectivity index (χ3v) is 6.54. The van der Waals surface area contributed by atoms with Crippen LogP contribution in [-0.4, -0.2) is 29.9 Å². The minimum absolute atomic E-state index is 0.0626. The van der Waals surface area contributed by atoms with Gasteiger partial charge in [0.1, 0.15) is 11.1 Å². The number of thiophene rings is 1. The van der Waals surface area contributed by atoms with Gasteiger partial charge in [0.25, 0.3) is 11.8 Å². The molecular formula is C24H27N3O4S. The number of nitrogens with one attached hydrogen (secondary N) is 2. The van der Waals surface area contributed by atoms with Crippen molar-refractivity contribution in [1.82, 2.24) is 5.32 Å². The van der Waals surface area contributed by atoms with Gasteiger partial charge in [-0.1, -0.05) is 24.6 Å². The van der Waals surface area contributed by atoms with E-state index in [9.17, 15) is 19.6 Å². The first-order valence-electron chi connectivity index (χ1n) is 10.8. The van der Waals surface area contributed by atoms with Gasteiger partial charge in [-0.25, -0.2) is 0 Å². The number of fused-ring (bicyclic) bond motifs is 1. The lowest BCUT2D eigenvalue weighted by atomic mass is 10.1. The Morgan fingerprint density at radius 2 is 1.84 bits per heavy atom. The third-order valence-electron chi connectivity index (χ3n) is 5.33. The Morgan fingerprint density at radius 3 is 2.56 bits per heavy atom. The van der Waals surface area contributed by atoms with Crippen LogP contribution < -0.4 is 10.6 Å². The van der Waals surface area contributed by atoms with Crippen LogP contribution in [0.1, 0.15) is 65.9 Å². The summed E-state index contributed by atoms with van der Waals surface area (Å²) < 4.78 is 5.26. The van der Waals surface area contributed by atoms with Crippen LogP contribution in [0.4, 0.5) is 5.00 Å². The number of amides is 2. The monoisotopic (exact) mass is 453 g/mol. The number of esters is 1. The van der Waals surface area contributed by atoms with Crippen LogP contribution in [0.25, 0.3) is 0 Å². The molecule has 2 atom stereocenters. The highest BCUT2D eigenvalue weighted by Crippen LogP contribution is 2.37. The van der Waals surface area contributed by atoms with Crippen LogP contribution in [0, 0.1) is 11.3 Å². The zero-order chi connectivity index (χ0) is 23.1. The van der Waals surface area contributed by atoms with Gasteiger partial charge in [-0.3, -0.25) is 14.4 Å². The number of hydrogen-bond acceptors (Lipinski definition) is 6. The fraction of sp³-hybridized carbons (Fsp3) is 0.417. The zero-order valence-corrected chi connectivity index (χ0v) is 19.1. The molecule has 1 aliphatic rings. The molecule has 0 saturated carbocycles. The van der Waals surface area contributed by atoms with Crippen molar-refractivity contribution in [1.29, 1.82) is 5.26 Å². The van der Waals surface area contributed by atoms with Crippen molar-refractivity contribution in [3.05, 3.63) is 51.9 Å². The molecule has 32 heavy (non-hydrogen) atoms. The third kappa shape index (κ3) is 5.95. The Morgan fingerprint density at radius 1 is 1.12 bits per heavy atom. The second kappa shape index (κ2) is 10.9. The molecule has 8 heteroatoms. The number of ether oxygens (including phenoxy) is 1. The fourth-order valence-corrected chi connectivity index (χ4v) is 4.90. The largest absolute Gasteiger partial charge is 0.452 e. The van der Waals surface area contributed by atoms with E-state index >= 15 is 0 Å². The molecule has 1 heterocycles. The Hall–Kier alpha value is -3.18. The Kier molecular flexibility index (Phi) is 8.01.